The van der Waals surface area contributed by atoms with Crippen LogP contribution in [0, 0.1) is 5.92 Å². The van der Waals surface area contributed by atoms with E-state index in [1.807, 2.05) is 0 Å². The van der Waals surface area contributed by atoms with Crippen molar-refractivity contribution in [1.29, 1.82) is 0 Å². The van der Waals surface area contributed by atoms with E-state index in [1.165, 1.54) is 13.0 Å². The molecule has 1 saturated heterocycles. The van der Waals surface area contributed by atoms with Gasteiger partial charge in [0.15, 0.2) is 5.71 Å². The zero-order valence-corrected chi connectivity index (χ0v) is 5.52. The first-order valence-electron chi connectivity index (χ1n) is 3.41. The lowest BCUT2D eigenvalue weighted by atomic mass is 10.5. The molecule has 1 nitrogen and oxygen atoms in total. The first-order chi connectivity index (χ1) is 3.79. The Morgan fingerprint density at radius 3 is 2.12 bits per heavy atom. The van der Waals surface area contributed by atoms with E-state index in [0.717, 1.165) is 12.0 Å². The van der Waals surface area contributed by atoms with Gasteiger partial charge in [-0.15, -0.1) is 0 Å². The smallest absolute Gasteiger partial charge is 0.207 e. The molecule has 0 bridgehead atoms. The quantitative estimate of drug-likeness (QED) is 0.322. The molecule has 1 heteroatoms. The van der Waals surface area contributed by atoms with Crippen LogP contribution in [0.5, 0.6) is 0 Å². The molecule has 0 aromatic rings. The fraction of sp³-hybridized carbons (Fsp3) is 0.857. The molecule has 2 atom stereocenters. The van der Waals surface area contributed by atoms with E-state index in [4.69, 9.17) is 0 Å². The monoisotopic (exact) mass is 110 g/mol. The van der Waals surface area contributed by atoms with Crippen LogP contribution in [0.25, 0.3) is 0 Å². The maximum Gasteiger partial charge on any atom is 0.207 e. The van der Waals surface area contributed by atoms with Crippen molar-refractivity contribution in [3.8, 4) is 0 Å². The third-order valence-corrected chi connectivity index (χ3v) is 2.15. The predicted molar refractivity (Wildman–Crippen MR) is 33.4 cm³/mol. The minimum Gasteiger partial charge on any atom is -0.221 e. The molecule has 0 N–H and O–H groups in total. The van der Waals surface area contributed by atoms with Crippen molar-refractivity contribution in [3.63, 3.8) is 0 Å². The maximum atomic E-state index is 2.50. The van der Waals surface area contributed by atoms with Crippen LogP contribution in [0.1, 0.15) is 20.3 Å². The van der Waals surface area contributed by atoms with Crippen LogP contribution in [0.4, 0.5) is 0 Å². The van der Waals surface area contributed by atoms with Gasteiger partial charge in [-0.3, -0.25) is 0 Å². The Morgan fingerprint density at radius 2 is 2.00 bits per heavy atom. The summed E-state index contributed by atoms with van der Waals surface area (Å²) < 4.78 is 2.50. The van der Waals surface area contributed by atoms with Gasteiger partial charge in [0, 0.05) is 19.3 Å². The molecule has 0 spiro atoms. The Labute approximate surface area is 50.0 Å². The fourth-order valence-electron chi connectivity index (χ4n) is 1.29. The van der Waals surface area contributed by atoms with Gasteiger partial charge in [0.05, 0.1) is 0 Å². The van der Waals surface area contributed by atoms with Crippen LogP contribution in [0.3, 0.4) is 0 Å². The second-order valence-corrected chi connectivity index (χ2v) is 3.10. The Bertz CT molecular complexity index is 140. The second-order valence-electron chi connectivity index (χ2n) is 3.10. The highest BCUT2D eigenvalue weighted by molar-refractivity contribution is 5.96. The van der Waals surface area contributed by atoms with Gasteiger partial charge in [-0.25, -0.2) is 4.58 Å². The first-order valence-corrected chi connectivity index (χ1v) is 3.41. The summed E-state index contributed by atoms with van der Waals surface area (Å²) in [5.41, 5.74) is 1.71. The molecule has 44 valence electrons. The van der Waals surface area contributed by atoms with E-state index < -0.39 is 0 Å². The topological polar surface area (TPSA) is 3.01 Å². The molecule has 1 aliphatic heterocycles. The van der Waals surface area contributed by atoms with Gasteiger partial charge in [-0.2, -0.15) is 0 Å². The summed E-state index contributed by atoms with van der Waals surface area (Å²) in [6.07, 6.45) is 1.38. The van der Waals surface area contributed by atoms with E-state index >= 15 is 0 Å². The van der Waals surface area contributed by atoms with Crippen molar-refractivity contribution in [2.75, 3.05) is 6.54 Å². The number of nitrogens with zero attached hydrogens (tertiary/aromatic N) is 1. The number of rotatable bonds is 0. The van der Waals surface area contributed by atoms with Gasteiger partial charge in [-0.05, 0) is 0 Å². The summed E-state index contributed by atoms with van der Waals surface area (Å²) in [4.78, 5) is 0. The normalized spacial score (nSPS) is 51.8. The molecule has 8 heavy (non-hydrogen) atoms. The summed E-state index contributed by atoms with van der Waals surface area (Å²) in [7, 11) is 0. The van der Waals surface area contributed by atoms with Gasteiger partial charge >= 0.3 is 0 Å². The van der Waals surface area contributed by atoms with E-state index in [-0.39, 0.29) is 0 Å². The summed E-state index contributed by atoms with van der Waals surface area (Å²) in [6, 6.07) is 0.884. The van der Waals surface area contributed by atoms with Gasteiger partial charge in [0.25, 0.3) is 0 Å². The first kappa shape index (κ1) is 4.54. The molecule has 1 heterocycles. The molecular weight excluding hydrogens is 98.1 g/mol. The van der Waals surface area contributed by atoms with Crippen LogP contribution < -0.4 is 0 Å². The van der Waals surface area contributed by atoms with Gasteiger partial charge in [-0.1, -0.05) is 6.92 Å². The van der Waals surface area contributed by atoms with Crippen LogP contribution in [0.15, 0.2) is 0 Å². The SMILES string of the molecule is CC1CC1=[N+]1CC1C. The average molecular weight is 110 g/mol. The van der Waals surface area contributed by atoms with Gasteiger partial charge in [0.1, 0.15) is 0 Å². The lowest BCUT2D eigenvalue weighted by molar-refractivity contribution is -0.355. The highest BCUT2D eigenvalue weighted by atomic mass is 15.2. The molecular formula is C7H12N+. The molecule has 2 fully saturated rings. The summed E-state index contributed by atoms with van der Waals surface area (Å²) in [6.45, 7) is 5.93. The third-order valence-electron chi connectivity index (χ3n) is 2.15. The van der Waals surface area contributed by atoms with Crippen LogP contribution in [0.2, 0.25) is 0 Å². The Morgan fingerprint density at radius 1 is 1.50 bits per heavy atom. The molecule has 0 radical (unpaired) electrons. The van der Waals surface area contributed by atoms with Crippen molar-refractivity contribution in [2.45, 2.75) is 26.3 Å². The van der Waals surface area contributed by atoms with Crippen molar-refractivity contribution in [2.24, 2.45) is 5.92 Å². The summed E-state index contributed by atoms with van der Waals surface area (Å²) in [5.74, 6) is 0.931. The van der Waals surface area contributed by atoms with Gasteiger partial charge in [0.2, 0.25) is 12.6 Å². The minimum absolute atomic E-state index is 0.884. The fourth-order valence-corrected chi connectivity index (χ4v) is 1.29. The van der Waals surface area contributed by atoms with Crippen LogP contribution >= 0.6 is 0 Å². The van der Waals surface area contributed by atoms with Crippen LogP contribution in [-0.2, 0) is 0 Å². The maximum absolute atomic E-state index is 2.50. The number of hydrogen-bond donors (Lipinski definition) is 0. The summed E-state index contributed by atoms with van der Waals surface area (Å²) in [5, 5.41) is 0. The van der Waals surface area contributed by atoms with Crippen molar-refractivity contribution in [1.82, 2.24) is 0 Å². The highest BCUT2D eigenvalue weighted by Crippen LogP contribution is 2.29. The molecule has 1 saturated carbocycles. The zero-order valence-electron chi connectivity index (χ0n) is 5.52. The van der Waals surface area contributed by atoms with Gasteiger partial charge < -0.3 is 0 Å². The van der Waals surface area contributed by atoms with E-state index in [0.29, 0.717) is 0 Å². The predicted octanol–water partition coefficient (Wildman–Crippen LogP) is 0.882. The van der Waals surface area contributed by atoms with Crippen LogP contribution in [-0.4, -0.2) is 22.9 Å². The Kier molecular flexibility index (Phi) is 0.651. The minimum atomic E-state index is 0.884. The highest BCUT2D eigenvalue weighted by Gasteiger charge is 2.47. The summed E-state index contributed by atoms with van der Waals surface area (Å²) >= 11 is 0. The standard InChI is InChI=1S/C7H12N/c1-5-3-7(5)8-4-6(8)2/h5-6H,3-4H2,1-2H3/q+1. The van der Waals surface area contributed by atoms with Crippen molar-refractivity contribution < 1.29 is 4.58 Å². The van der Waals surface area contributed by atoms with E-state index in [1.54, 1.807) is 5.71 Å². The molecule has 0 amide bonds. The largest absolute Gasteiger partial charge is 0.221 e. The Hall–Kier alpha value is -0.330. The second kappa shape index (κ2) is 1.15. The zero-order chi connectivity index (χ0) is 5.72. The average Bonchev–Trinajstić information content (AvgIpc) is 2.47. The Balaban J connectivity index is 2.16. The number of hydrogen-bond acceptors (Lipinski definition) is 0. The molecule has 0 aromatic carbocycles. The third kappa shape index (κ3) is 0.504. The van der Waals surface area contributed by atoms with E-state index in [2.05, 4.69) is 18.4 Å². The molecule has 1 aliphatic carbocycles. The lowest BCUT2D eigenvalue weighted by Crippen LogP contribution is -1.86. The van der Waals surface area contributed by atoms with E-state index in [9.17, 15) is 0 Å². The molecule has 2 aliphatic rings. The molecule has 2 rings (SSSR count). The van der Waals surface area contributed by atoms with Crippen molar-refractivity contribution in [3.05, 3.63) is 0 Å². The molecule has 0 aromatic heterocycles. The molecule has 2 unspecified atom stereocenters. The van der Waals surface area contributed by atoms with Crippen molar-refractivity contribution >= 4 is 5.71 Å². The lowest BCUT2D eigenvalue weighted by Gasteiger charge is -1.64.